The summed E-state index contributed by atoms with van der Waals surface area (Å²) in [5.74, 6) is 0. The van der Waals surface area contributed by atoms with Gasteiger partial charge in [0.05, 0.1) is 19.3 Å². The number of azide groups is 1. The monoisotopic (exact) mass is 245 g/mol. The molecule has 8 heteroatoms. The van der Waals surface area contributed by atoms with E-state index in [2.05, 4.69) is 16.6 Å². The first-order valence-corrected chi connectivity index (χ1v) is 5.04. The average Bonchev–Trinajstić information content (AvgIpc) is 2.32. The zero-order valence-corrected chi connectivity index (χ0v) is 9.09. The van der Waals surface area contributed by atoms with E-state index in [1.165, 1.54) is 6.08 Å². The van der Waals surface area contributed by atoms with Crippen molar-refractivity contribution < 1.29 is 24.8 Å². The molecule has 17 heavy (non-hydrogen) atoms. The Morgan fingerprint density at radius 1 is 1.41 bits per heavy atom. The molecule has 1 fully saturated rings. The fourth-order valence-corrected chi connectivity index (χ4v) is 1.57. The van der Waals surface area contributed by atoms with E-state index in [1.54, 1.807) is 0 Å². The van der Waals surface area contributed by atoms with Gasteiger partial charge in [-0.1, -0.05) is 11.2 Å². The van der Waals surface area contributed by atoms with Crippen molar-refractivity contribution in [3.05, 3.63) is 23.1 Å². The molecule has 0 aromatic rings. The van der Waals surface area contributed by atoms with Gasteiger partial charge in [-0.2, -0.15) is 0 Å². The average molecular weight is 245 g/mol. The molecule has 1 aliphatic rings. The maximum Gasteiger partial charge on any atom is 0.183 e. The van der Waals surface area contributed by atoms with Gasteiger partial charge < -0.3 is 24.8 Å². The highest BCUT2D eigenvalue weighted by Crippen LogP contribution is 2.22. The maximum atomic E-state index is 9.72. The Morgan fingerprint density at radius 2 is 2.12 bits per heavy atom. The SMILES string of the molecule is C=CCO[C@H]1[C@H](O)[C@H](O)[C@@H](O)O[C@@H]1CN=[N+]=[N-]. The van der Waals surface area contributed by atoms with Crippen LogP contribution in [0, 0.1) is 0 Å². The van der Waals surface area contributed by atoms with E-state index in [1.807, 2.05) is 0 Å². The molecule has 0 amide bonds. The lowest BCUT2D eigenvalue weighted by Gasteiger charge is -2.40. The summed E-state index contributed by atoms with van der Waals surface area (Å²) < 4.78 is 10.2. The summed E-state index contributed by atoms with van der Waals surface area (Å²) in [5, 5.41) is 31.8. The van der Waals surface area contributed by atoms with Gasteiger partial charge in [0.15, 0.2) is 6.29 Å². The van der Waals surface area contributed by atoms with Crippen molar-refractivity contribution in [3.8, 4) is 0 Å². The molecule has 8 nitrogen and oxygen atoms in total. The van der Waals surface area contributed by atoms with E-state index in [9.17, 15) is 15.3 Å². The maximum absolute atomic E-state index is 9.72. The van der Waals surface area contributed by atoms with Crippen molar-refractivity contribution in [2.24, 2.45) is 5.11 Å². The highest BCUT2D eigenvalue weighted by molar-refractivity contribution is 4.91. The Labute approximate surface area is 97.7 Å². The molecule has 5 atom stereocenters. The summed E-state index contributed by atoms with van der Waals surface area (Å²) in [6.07, 6.45) is -4.57. The standard InChI is InChI=1S/C9H15N3O5/c1-2-3-16-8-5(4-11-12-10)17-9(15)7(14)6(8)13/h2,5-9,13-15H,1,3-4H2/t5-,6-,7+,8-,9+/m1/s1. The molecule has 3 N–H and O–H groups in total. The van der Waals surface area contributed by atoms with E-state index in [-0.39, 0.29) is 13.2 Å². The van der Waals surface area contributed by atoms with Gasteiger partial charge in [0, 0.05) is 4.91 Å². The first kappa shape index (κ1) is 13.9. The van der Waals surface area contributed by atoms with Crippen LogP contribution in [0.25, 0.3) is 10.4 Å². The summed E-state index contributed by atoms with van der Waals surface area (Å²) in [4.78, 5) is 2.56. The van der Waals surface area contributed by atoms with Crippen LogP contribution < -0.4 is 0 Å². The number of hydrogen-bond donors (Lipinski definition) is 3. The second-order valence-electron chi connectivity index (χ2n) is 3.55. The molecule has 0 spiro atoms. The largest absolute Gasteiger partial charge is 0.387 e. The van der Waals surface area contributed by atoms with Crippen LogP contribution in [0.15, 0.2) is 17.8 Å². The first-order chi connectivity index (χ1) is 8.11. The Kier molecular flexibility index (Phi) is 5.36. The molecule has 1 heterocycles. The van der Waals surface area contributed by atoms with Crippen LogP contribution in [-0.2, 0) is 9.47 Å². The first-order valence-electron chi connectivity index (χ1n) is 5.04. The van der Waals surface area contributed by atoms with Crippen LogP contribution in [0.4, 0.5) is 0 Å². The van der Waals surface area contributed by atoms with Gasteiger partial charge in [-0.3, -0.25) is 0 Å². The third kappa shape index (κ3) is 3.40. The minimum absolute atomic E-state index is 0.112. The molecule has 0 saturated carbocycles. The molecule has 0 aliphatic carbocycles. The topological polar surface area (TPSA) is 128 Å². The van der Waals surface area contributed by atoms with E-state index < -0.39 is 30.7 Å². The number of rotatable bonds is 5. The van der Waals surface area contributed by atoms with Crippen LogP contribution in [-0.4, -0.2) is 59.2 Å². The number of hydrogen-bond acceptors (Lipinski definition) is 6. The third-order valence-corrected chi connectivity index (χ3v) is 2.39. The Morgan fingerprint density at radius 3 is 2.71 bits per heavy atom. The normalized spacial score (nSPS) is 37.2. The van der Waals surface area contributed by atoms with E-state index in [0.29, 0.717) is 0 Å². The van der Waals surface area contributed by atoms with E-state index in [4.69, 9.17) is 15.0 Å². The fraction of sp³-hybridized carbons (Fsp3) is 0.778. The van der Waals surface area contributed by atoms with Crippen LogP contribution in [0.5, 0.6) is 0 Å². The predicted octanol–water partition coefficient (Wildman–Crippen LogP) is -0.693. The summed E-state index contributed by atoms with van der Waals surface area (Å²) in [6, 6.07) is 0. The number of aliphatic hydroxyl groups is 3. The summed E-state index contributed by atoms with van der Waals surface area (Å²) in [7, 11) is 0. The van der Waals surface area contributed by atoms with Crippen molar-refractivity contribution in [2.75, 3.05) is 13.2 Å². The van der Waals surface area contributed by atoms with Crippen LogP contribution >= 0.6 is 0 Å². The lowest BCUT2D eigenvalue weighted by molar-refractivity contribution is -0.285. The van der Waals surface area contributed by atoms with E-state index >= 15 is 0 Å². The highest BCUT2D eigenvalue weighted by atomic mass is 16.6. The van der Waals surface area contributed by atoms with Gasteiger partial charge in [0.25, 0.3) is 0 Å². The second-order valence-corrected chi connectivity index (χ2v) is 3.55. The van der Waals surface area contributed by atoms with Crippen molar-refractivity contribution in [1.82, 2.24) is 0 Å². The van der Waals surface area contributed by atoms with Gasteiger partial charge in [-0.25, -0.2) is 0 Å². The molecule has 0 unspecified atom stereocenters. The molecule has 0 bridgehead atoms. The van der Waals surface area contributed by atoms with Gasteiger partial charge in [-0.15, -0.1) is 6.58 Å². The van der Waals surface area contributed by atoms with Crippen molar-refractivity contribution in [2.45, 2.75) is 30.7 Å². The van der Waals surface area contributed by atoms with Gasteiger partial charge >= 0.3 is 0 Å². The van der Waals surface area contributed by atoms with Crippen LogP contribution in [0.3, 0.4) is 0 Å². The molecule has 96 valence electrons. The molecule has 1 aliphatic heterocycles. The minimum atomic E-state index is -1.53. The third-order valence-electron chi connectivity index (χ3n) is 2.39. The summed E-state index contributed by atoms with van der Waals surface area (Å²) in [5.41, 5.74) is 8.21. The van der Waals surface area contributed by atoms with Gasteiger partial charge in [0.1, 0.15) is 18.3 Å². The second kappa shape index (κ2) is 6.55. The van der Waals surface area contributed by atoms with Crippen molar-refractivity contribution >= 4 is 0 Å². The summed E-state index contributed by atoms with van der Waals surface area (Å²) in [6.45, 7) is 3.48. The zero-order chi connectivity index (χ0) is 12.8. The highest BCUT2D eigenvalue weighted by Gasteiger charge is 2.44. The van der Waals surface area contributed by atoms with Crippen LogP contribution in [0.1, 0.15) is 0 Å². The van der Waals surface area contributed by atoms with E-state index in [0.717, 1.165) is 0 Å². The zero-order valence-electron chi connectivity index (χ0n) is 9.09. The molecule has 0 aromatic carbocycles. The molecule has 1 saturated heterocycles. The predicted molar refractivity (Wildman–Crippen MR) is 56.8 cm³/mol. The lowest BCUT2D eigenvalue weighted by Crippen LogP contribution is -2.59. The lowest BCUT2D eigenvalue weighted by atomic mass is 9.99. The number of ether oxygens (including phenoxy) is 2. The van der Waals surface area contributed by atoms with Gasteiger partial charge in [0.2, 0.25) is 0 Å². The molecule has 0 radical (unpaired) electrons. The molecular formula is C9H15N3O5. The Balaban J connectivity index is 2.74. The molecular weight excluding hydrogens is 230 g/mol. The number of nitrogens with zero attached hydrogens (tertiary/aromatic N) is 3. The van der Waals surface area contributed by atoms with Crippen molar-refractivity contribution in [1.29, 1.82) is 0 Å². The quantitative estimate of drug-likeness (QED) is 0.255. The molecule has 0 aromatic heterocycles. The van der Waals surface area contributed by atoms with Gasteiger partial charge in [-0.05, 0) is 5.53 Å². The Bertz CT molecular complexity index is 307. The van der Waals surface area contributed by atoms with Crippen LogP contribution in [0.2, 0.25) is 0 Å². The minimum Gasteiger partial charge on any atom is -0.387 e. The smallest absolute Gasteiger partial charge is 0.183 e. The summed E-state index contributed by atoms with van der Waals surface area (Å²) >= 11 is 0. The molecule has 1 rings (SSSR count). The number of aliphatic hydroxyl groups excluding tert-OH is 3. The fourth-order valence-electron chi connectivity index (χ4n) is 1.57. The van der Waals surface area contributed by atoms with Crippen molar-refractivity contribution in [3.63, 3.8) is 0 Å². The Hall–Kier alpha value is -1.15.